The molecule has 0 aromatic heterocycles. The second-order valence-electron chi connectivity index (χ2n) is 6.62. The lowest BCUT2D eigenvalue weighted by molar-refractivity contribution is -0.385. The van der Waals surface area contributed by atoms with Crippen LogP contribution in [0.25, 0.3) is 0 Å². The molecule has 3 aromatic carbocycles. The number of amides is 1. The van der Waals surface area contributed by atoms with Gasteiger partial charge in [-0.05, 0) is 41.8 Å². The molecule has 9 nitrogen and oxygen atoms in total. The van der Waals surface area contributed by atoms with Gasteiger partial charge in [0.15, 0.2) is 0 Å². The maximum atomic E-state index is 12.2. The van der Waals surface area contributed by atoms with Crippen molar-refractivity contribution in [3.05, 3.63) is 110 Å². The van der Waals surface area contributed by atoms with E-state index in [1.54, 1.807) is 12.1 Å². The number of rotatable bonds is 9. The summed E-state index contributed by atoms with van der Waals surface area (Å²) in [6.07, 6.45) is 0.568. The molecule has 3 aromatic rings. The number of non-ortho nitro benzene ring substituents is 2. The van der Waals surface area contributed by atoms with Crippen LogP contribution < -0.4 is 10.1 Å². The molecule has 0 aliphatic carbocycles. The molecule has 0 unspecified atom stereocenters. The van der Waals surface area contributed by atoms with Gasteiger partial charge in [0.05, 0.1) is 9.85 Å². The van der Waals surface area contributed by atoms with Crippen LogP contribution in [0.2, 0.25) is 0 Å². The number of nitrogens with zero attached hydrogens (tertiary/aromatic N) is 2. The predicted octanol–water partition coefficient (Wildman–Crippen LogP) is 4.05. The van der Waals surface area contributed by atoms with Crippen molar-refractivity contribution in [3.8, 4) is 5.75 Å². The van der Waals surface area contributed by atoms with Gasteiger partial charge in [-0.15, -0.1) is 0 Å². The Balaban J connectivity index is 1.54. The molecular formula is C22H19N3O6. The van der Waals surface area contributed by atoms with Gasteiger partial charge in [-0.1, -0.05) is 24.3 Å². The molecule has 0 bridgehead atoms. The quantitative estimate of drug-likeness (QED) is 0.410. The molecule has 0 saturated heterocycles. The minimum Gasteiger partial charge on any atom is -0.489 e. The highest BCUT2D eigenvalue weighted by Gasteiger charge is 2.10. The van der Waals surface area contributed by atoms with E-state index in [0.29, 0.717) is 24.3 Å². The van der Waals surface area contributed by atoms with Crippen molar-refractivity contribution < 1.29 is 19.4 Å². The van der Waals surface area contributed by atoms with Gasteiger partial charge in [0.2, 0.25) is 0 Å². The molecule has 0 spiro atoms. The van der Waals surface area contributed by atoms with Crippen LogP contribution in [0.4, 0.5) is 11.4 Å². The molecule has 0 saturated carbocycles. The van der Waals surface area contributed by atoms with E-state index in [4.69, 9.17) is 4.74 Å². The monoisotopic (exact) mass is 421 g/mol. The Morgan fingerprint density at radius 1 is 0.806 bits per heavy atom. The van der Waals surface area contributed by atoms with Gasteiger partial charge in [-0.25, -0.2) is 0 Å². The smallest absolute Gasteiger partial charge is 0.269 e. The van der Waals surface area contributed by atoms with Crippen LogP contribution in [-0.2, 0) is 13.0 Å². The van der Waals surface area contributed by atoms with Crippen LogP contribution in [0.1, 0.15) is 21.5 Å². The summed E-state index contributed by atoms with van der Waals surface area (Å²) in [6, 6.07) is 18.9. The van der Waals surface area contributed by atoms with Gasteiger partial charge in [-0.2, -0.15) is 0 Å². The summed E-state index contributed by atoms with van der Waals surface area (Å²) in [4.78, 5) is 32.7. The number of hydrogen-bond donors (Lipinski definition) is 1. The van der Waals surface area contributed by atoms with Gasteiger partial charge in [0.1, 0.15) is 12.4 Å². The van der Waals surface area contributed by atoms with Crippen LogP contribution in [0.3, 0.4) is 0 Å². The predicted molar refractivity (Wildman–Crippen MR) is 113 cm³/mol. The summed E-state index contributed by atoms with van der Waals surface area (Å²) in [6.45, 7) is 0.661. The normalized spacial score (nSPS) is 10.3. The molecule has 3 rings (SSSR count). The third kappa shape index (κ3) is 5.86. The molecule has 0 aliphatic heterocycles. The number of carbonyl (C=O) groups is 1. The maximum absolute atomic E-state index is 12.2. The molecule has 1 N–H and O–H groups in total. The van der Waals surface area contributed by atoms with Crippen LogP contribution in [0, 0.1) is 20.2 Å². The first-order valence-electron chi connectivity index (χ1n) is 9.41. The van der Waals surface area contributed by atoms with E-state index in [0.717, 1.165) is 11.1 Å². The Labute approximate surface area is 177 Å². The number of benzene rings is 3. The lowest BCUT2D eigenvalue weighted by atomic mass is 10.1. The van der Waals surface area contributed by atoms with E-state index in [9.17, 15) is 25.0 Å². The van der Waals surface area contributed by atoms with Gasteiger partial charge >= 0.3 is 0 Å². The number of ether oxygens (including phenoxy) is 1. The molecule has 31 heavy (non-hydrogen) atoms. The van der Waals surface area contributed by atoms with Crippen molar-refractivity contribution in [2.75, 3.05) is 6.54 Å². The number of hydrogen-bond acceptors (Lipinski definition) is 6. The van der Waals surface area contributed by atoms with Crippen molar-refractivity contribution in [1.82, 2.24) is 5.32 Å². The van der Waals surface area contributed by atoms with E-state index < -0.39 is 9.85 Å². The fourth-order valence-electron chi connectivity index (χ4n) is 2.91. The Kier molecular flexibility index (Phi) is 6.89. The Hall–Kier alpha value is -4.27. The largest absolute Gasteiger partial charge is 0.489 e. The van der Waals surface area contributed by atoms with Crippen molar-refractivity contribution in [3.63, 3.8) is 0 Å². The zero-order valence-corrected chi connectivity index (χ0v) is 16.4. The van der Waals surface area contributed by atoms with Crippen molar-refractivity contribution in [1.29, 1.82) is 0 Å². The lowest BCUT2D eigenvalue weighted by Crippen LogP contribution is -2.26. The summed E-state index contributed by atoms with van der Waals surface area (Å²) in [5.74, 6) is 0.210. The summed E-state index contributed by atoms with van der Waals surface area (Å²) in [5.41, 5.74) is 2.20. The fraction of sp³-hybridized carbons (Fsp3) is 0.136. The second kappa shape index (κ2) is 9.97. The van der Waals surface area contributed by atoms with Crippen molar-refractivity contribution >= 4 is 17.3 Å². The Bertz CT molecular complexity index is 1080. The first kappa shape index (κ1) is 21.4. The lowest BCUT2D eigenvalue weighted by Gasteiger charge is -2.12. The molecule has 0 heterocycles. The molecule has 0 radical (unpaired) electrons. The topological polar surface area (TPSA) is 125 Å². The highest BCUT2D eigenvalue weighted by molar-refractivity contribution is 5.94. The van der Waals surface area contributed by atoms with Crippen LogP contribution in [-0.4, -0.2) is 22.3 Å². The number of nitro groups is 2. The molecule has 158 valence electrons. The third-order valence-corrected chi connectivity index (χ3v) is 4.58. The van der Waals surface area contributed by atoms with E-state index in [1.807, 2.05) is 24.3 Å². The van der Waals surface area contributed by atoms with E-state index in [1.165, 1.54) is 36.4 Å². The summed E-state index contributed by atoms with van der Waals surface area (Å²) < 4.78 is 5.73. The maximum Gasteiger partial charge on any atom is 0.269 e. The standard InChI is InChI=1S/C22H19N3O6/c26-22(17-5-7-19(8-6-17)24(27)28)23-14-13-16-3-1-2-4-18(16)15-31-21-11-9-20(10-12-21)25(29)30/h1-12H,13-15H2,(H,23,26). The SMILES string of the molecule is O=C(NCCc1ccccc1COc1ccc([N+](=O)[O-])cc1)c1ccc([N+](=O)[O-])cc1. The van der Waals surface area contributed by atoms with Gasteiger partial charge in [0.25, 0.3) is 17.3 Å². The highest BCUT2D eigenvalue weighted by atomic mass is 16.6. The van der Waals surface area contributed by atoms with Crippen molar-refractivity contribution in [2.24, 2.45) is 0 Å². The van der Waals surface area contributed by atoms with Crippen LogP contribution in [0.5, 0.6) is 5.75 Å². The third-order valence-electron chi connectivity index (χ3n) is 4.58. The number of carbonyl (C=O) groups excluding carboxylic acids is 1. The molecule has 1 amide bonds. The molecule has 0 aliphatic rings. The second-order valence-corrected chi connectivity index (χ2v) is 6.62. The Morgan fingerprint density at radius 2 is 1.35 bits per heavy atom. The fourth-order valence-corrected chi connectivity index (χ4v) is 2.91. The average molecular weight is 421 g/mol. The zero-order valence-electron chi connectivity index (χ0n) is 16.4. The number of nitrogens with one attached hydrogen (secondary N) is 1. The minimum absolute atomic E-state index is 0.00323. The molecular weight excluding hydrogens is 402 g/mol. The average Bonchev–Trinajstić information content (AvgIpc) is 2.78. The minimum atomic E-state index is -0.516. The van der Waals surface area contributed by atoms with Gasteiger partial charge in [0, 0.05) is 36.4 Å². The molecule has 0 atom stereocenters. The van der Waals surface area contributed by atoms with Crippen LogP contribution >= 0.6 is 0 Å². The highest BCUT2D eigenvalue weighted by Crippen LogP contribution is 2.19. The first-order chi connectivity index (χ1) is 14.9. The van der Waals surface area contributed by atoms with Crippen molar-refractivity contribution in [2.45, 2.75) is 13.0 Å². The summed E-state index contributed by atoms with van der Waals surface area (Å²) >= 11 is 0. The Morgan fingerprint density at radius 3 is 1.94 bits per heavy atom. The van der Waals surface area contributed by atoms with Crippen LogP contribution in [0.15, 0.2) is 72.8 Å². The van der Waals surface area contributed by atoms with E-state index in [-0.39, 0.29) is 23.9 Å². The van der Waals surface area contributed by atoms with Gasteiger partial charge < -0.3 is 10.1 Å². The number of nitro benzene ring substituents is 2. The first-order valence-corrected chi connectivity index (χ1v) is 9.41. The van der Waals surface area contributed by atoms with E-state index in [2.05, 4.69) is 5.32 Å². The van der Waals surface area contributed by atoms with Gasteiger partial charge in [-0.3, -0.25) is 25.0 Å². The summed E-state index contributed by atoms with van der Waals surface area (Å²) in [5, 5.41) is 24.2. The van der Waals surface area contributed by atoms with E-state index >= 15 is 0 Å². The zero-order chi connectivity index (χ0) is 22.2. The molecule has 0 fully saturated rings. The summed E-state index contributed by atoms with van der Waals surface area (Å²) in [7, 11) is 0. The molecule has 9 heteroatoms.